The van der Waals surface area contributed by atoms with Gasteiger partial charge in [-0.3, -0.25) is 9.59 Å². The van der Waals surface area contributed by atoms with E-state index >= 15 is 0 Å². The van der Waals surface area contributed by atoms with Gasteiger partial charge in [0.2, 0.25) is 5.91 Å². The van der Waals surface area contributed by atoms with Crippen LogP contribution < -0.4 is 21.5 Å². The van der Waals surface area contributed by atoms with Crippen molar-refractivity contribution in [3.8, 4) is 11.5 Å². The molecule has 6 heteroatoms. The summed E-state index contributed by atoms with van der Waals surface area (Å²) in [6.45, 7) is 4.03. The Morgan fingerprint density at radius 3 is 2.32 bits per heavy atom. The quantitative estimate of drug-likeness (QED) is 0.719. The first-order chi connectivity index (χ1) is 11.9. The number of amides is 2. The lowest BCUT2D eigenvalue weighted by Gasteiger charge is -2.14. The Morgan fingerprint density at radius 1 is 1.08 bits per heavy atom. The molecule has 0 unspecified atom stereocenters. The lowest BCUT2D eigenvalue weighted by molar-refractivity contribution is -0.117. The number of nitrogens with one attached hydrogen (secondary N) is 1. The van der Waals surface area contributed by atoms with E-state index in [2.05, 4.69) is 5.32 Å². The molecule has 0 heterocycles. The van der Waals surface area contributed by atoms with Crippen LogP contribution in [0.5, 0.6) is 11.5 Å². The molecule has 2 aromatic carbocycles. The summed E-state index contributed by atoms with van der Waals surface area (Å²) in [5, 5.41) is 2.77. The van der Waals surface area contributed by atoms with Gasteiger partial charge in [0.25, 0.3) is 5.91 Å². The predicted molar refractivity (Wildman–Crippen MR) is 97.5 cm³/mol. The molecule has 2 aromatic rings. The summed E-state index contributed by atoms with van der Waals surface area (Å²) in [4.78, 5) is 23.4. The fraction of sp³-hybridized carbons (Fsp3) is 0.263. The highest BCUT2D eigenvalue weighted by molar-refractivity contribution is 5.96. The molecular weight excluding hydrogens is 318 g/mol. The zero-order chi connectivity index (χ0) is 18.4. The molecule has 0 aliphatic rings. The van der Waals surface area contributed by atoms with Gasteiger partial charge in [0, 0.05) is 5.69 Å². The van der Waals surface area contributed by atoms with Crippen molar-refractivity contribution < 1.29 is 14.3 Å². The first kappa shape index (κ1) is 18.5. The normalized spacial score (nSPS) is 11.8. The maximum absolute atomic E-state index is 12.0. The SMILES string of the molecule is CC(C)C[C@H](N)C(=O)Nc1ccc(Oc2ccccc2C(N)=O)cc1. The van der Waals surface area contributed by atoms with Gasteiger partial charge in [-0.25, -0.2) is 0 Å². The third-order valence-electron chi connectivity index (χ3n) is 3.56. The minimum atomic E-state index is -0.557. The van der Waals surface area contributed by atoms with E-state index in [1.807, 2.05) is 13.8 Å². The number of anilines is 1. The van der Waals surface area contributed by atoms with Crippen LogP contribution in [0.1, 0.15) is 30.6 Å². The molecule has 1 atom stereocenters. The molecule has 0 saturated heterocycles. The lowest BCUT2D eigenvalue weighted by atomic mass is 10.0. The van der Waals surface area contributed by atoms with Crippen molar-refractivity contribution in [2.45, 2.75) is 26.3 Å². The third-order valence-corrected chi connectivity index (χ3v) is 3.56. The highest BCUT2D eigenvalue weighted by atomic mass is 16.5. The topological polar surface area (TPSA) is 107 Å². The summed E-state index contributed by atoms with van der Waals surface area (Å²) < 4.78 is 5.69. The third kappa shape index (κ3) is 5.32. The molecular formula is C19H23N3O3. The molecule has 2 rings (SSSR count). The van der Waals surface area contributed by atoms with Crippen molar-refractivity contribution in [1.82, 2.24) is 0 Å². The van der Waals surface area contributed by atoms with Gasteiger partial charge in [-0.05, 0) is 48.7 Å². The van der Waals surface area contributed by atoms with Gasteiger partial charge in [-0.15, -0.1) is 0 Å². The zero-order valence-corrected chi connectivity index (χ0v) is 14.4. The van der Waals surface area contributed by atoms with Crippen molar-refractivity contribution in [3.05, 3.63) is 54.1 Å². The maximum atomic E-state index is 12.0. The van der Waals surface area contributed by atoms with Crippen LogP contribution in [-0.4, -0.2) is 17.9 Å². The van der Waals surface area contributed by atoms with E-state index in [-0.39, 0.29) is 5.91 Å². The summed E-state index contributed by atoms with van der Waals surface area (Å²) in [6, 6.07) is 13.0. The molecule has 0 radical (unpaired) electrons. The van der Waals surface area contributed by atoms with Crippen LogP contribution in [0.3, 0.4) is 0 Å². The van der Waals surface area contributed by atoms with Crippen LogP contribution in [0.2, 0.25) is 0 Å². The van der Waals surface area contributed by atoms with Crippen molar-refractivity contribution in [2.75, 3.05) is 5.32 Å². The van der Waals surface area contributed by atoms with Gasteiger partial charge < -0.3 is 21.5 Å². The highest BCUT2D eigenvalue weighted by Gasteiger charge is 2.15. The van der Waals surface area contributed by atoms with Crippen molar-refractivity contribution in [2.24, 2.45) is 17.4 Å². The fourth-order valence-corrected chi connectivity index (χ4v) is 2.34. The zero-order valence-electron chi connectivity index (χ0n) is 14.4. The summed E-state index contributed by atoms with van der Waals surface area (Å²) in [5.74, 6) is 0.478. The Labute approximate surface area is 147 Å². The molecule has 0 spiro atoms. The van der Waals surface area contributed by atoms with Crippen LogP contribution in [0.25, 0.3) is 0 Å². The maximum Gasteiger partial charge on any atom is 0.252 e. The molecule has 6 nitrogen and oxygen atoms in total. The van der Waals surface area contributed by atoms with Crippen LogP contribution in [-0.2, 0) is 4.79 Å². The Hall–Kier alpha value is -2.86. The van der Waals surface area contributed by atoms with Gasteiger partial charge in [-0.1, -0.05) is 26.0 Å². The molecule has 0 saturated carbocycles. The van der Waals surface area contributed by atoms with E-state index < -0.39 is 11.9 Å². The molecule has 5 N–H and O–H groups in total. The average molecular weight is 341 g/mol. The average Bonchev–Trinajstić information content (AvgIpc) is 2.56. The number of carbonyl (C=O) groups excluding carboxylic acids is 2. The van der Waals surface area contributed by atoms with Crippen LogP contribution >= 0.6 is 0 Å². The number of nitrogens with two attached hydrogens (primary N) is 2. The first-order valence-electron chi connectivity index (χ1n) is 8.10. The monoisotopic (exact) mass is 341 g/mol. The number of hydrogen-bond acceptors (Lipinski definition) is 4. The van der Waals surface area contributed by atoms with Crippen molar-refractivity contribution in [1.29, 1.82) is 0 Å². The van der Waals surface area contributed by atoms with Crippen LogP contribution in [0.4, 0.5) is 5.69 Å². The highest BCUT2D eigenvalue weighted by Crippen LogP contribution is 2.26. The second-order valence-corrected chi connectivity index (χ2v) is 6.21. The summed E-state index contributed by atoms with van der Waals surface area (Å²) in [5.41, 5.74) is 12.1. The number of hydrogen-bond donors (Lipinski definition) is 3. The molecule has 132 valence electrons. The van der Waals surface area contributed by atoms with Crippen molar-refractivity contribution in [3.63, 3.8) is 0 Å². The summed E-state index contributed by atoms with van der Waals surface area (Å²) in [7, 11) is 0. The first-order valence-corrected chi connectivity index (χ1v) is 8.10. The van der Waals surface area contributed by atoms with Gasteiger partial charge >= 0.3 is 0 Å². The van der Waals surface area contributed by atoms with E-state index in [0.29, 0.717) is 35.1 Å². The standard InChI is InChI=1S/C19H23N3O3/c1-12(2)11-16(20)19(24)22-13-7-9-14(10-8-13)25-17-6-4-3-5-15(17)18(21)23/h3-10,12,16H,11,20H2,1-2H3,(H2,21,23)(H,22,24)/t16-/m0/s1. The minimum absolute atomic E-state index is 0.221. The number of primary amides is 1. The molecule has 0 aliphatic heterocycles. The van der Waals surface area contributed by atoms with E-state index in [9.17, 15) is 9.59 Å². The van der Waals surface area contributed by atoms with E-state index in [4.69, 9.17) is 16.2 Å². The second kappa shape index (κ2) is 8.30. The Morgan fingerprint density at radius 2 is 1.72 bits per heavy atom. The number of rotatable bonds is 7. The Kier molecular flexibility index (Phi) is 6.14. The largest absolute Gasteiger partial charge is 0.457 e. The van der Waals surface area contributed by atoms with Crippen LogP contribution in [0, 0.1) is 5.92 Å². The Bertz CT molecular complexity index is 742. The number of carbonyl (C=O) groups is 2. The second-order valence-electron chi connectivity index (χ2n) is 6.21. The minimum Gasteiger partial charge on any atom is -0.457 e. The number of ether oxygens (including phenoxy) is 1. The summed E-state index contributed by atoms with van der Waals surface area (Å²) in [6.07, 6.45) is 0.622. The van der Waals surface area contributed by atoms with E-state index in [0.717, 1.165) is 0 Å². The van der Waals surface area contributed by atoms with Gasteiger partial charge in [0.15, 0.2) is 0 Å². The van der Waals surface area contributed by atoms with E-state index in [1.54, 1.807) is 48.5 Å². The molecule has 0 aliphatic carbocycles. The molecule has 0 bridgehead atoms. The molecule has 0 fully saturated rings. The number of benzene rings is 2. The summed E-state index contributed by atoms with van der Waals surface area (Å²) >= 11 is 0. The molecule has 0 aromatic heterocycles. The lowest BCUT2D eigenvalue weighted by Crippen LogP contribution is -2.36. The smallest absolute Gasteiger partial charge is 0.252 e. The van der Waals surface area contributed by atoms with Crippen LogP contribution in [0.15, 0.2) is 48.5 Å². The molecule has 25 heavy (non-hydrogen) atoms. The number of para-hydroxylation sites is 1. The predicted octanol–water partition coefficient (Wildman–Crippen LogP) is 2.89. The van der Waals surface area contributed by atoms with E-state index in [1.165, 1.54) is 0 Å². The van der Waals surface area contributed by atoms with Gasteiger partial charge in [-0.2, -0.15) is 0 Å². The molecule has 2 amide bonds. The van der Waals surface area contributed by atoms with Gasteiger partial charge in [0.1, 0.15) is 11.5 Å². The Balaban J connectivity index is 2.03. The van der Waals surface area contributed by atoms with Gasteiger partial charge in [0.05, 0.1) is 11.6 Å². The van der Waals surface area contributed by atoms with Crippen molar-refractivity contribution >= 4 is 17.5 Å². The fourth-order valence-electron chi connectivity index (χ4n) is 2.34.